The van der Waals surface area contributed by atoms with Gasteiger partial charge in [0.15, 0.2) is 0 Å². The number of benzene rings is 1. The first-order chi connectivity index (χ1) is 8.15. The molecule has 1 fully saturated rings. The number of anilines is 1. The van der Waals surface area contributed by atoms with E-state index in [0.717, 1.165) is 19.4 Å². The highest BCUT2D eigenvalue weighted by atomic mass is 16.5. The second-order valence-corrected chi connectivity index (χ2v) is 5.06. The maximum atomic E-state index is 5.98. The molecule has 0 aromatic heterocycles. The molecule has 3 N–H and O–H groups in total. The van der Waals surface area contributed by atoms with Crippen LogP contribution >= 0.6 is 0 Å². The molecule has 2 rings (SSSR count). The maximum Gasteiger partial charge on any atom is 0.0569 e. The number of rotatable bonds is 3. The molecule has 0 radical (unpaired) electrons. The van der Waals surface area contributed by atoms with Crippen LogP contribution in [0.3, 0.4) is 0 Å². The van der Waals surface area contributed by atoms with Crippen molar-refractivity contribution in [2.45, 2.75) is 38.3 Å². The average Bonchev–Trinajstić information content (AvgIpc) is 2.32. The molecule has 0 saturated carbocycles. The highest BCUT2D eigenvalue weighted by Gasteiger charge is 2.34. The van der Waals surface area contributed by atoms with E-state index in [4.69, 9.17) is 10.5 Å². The first-order valence-electron chi connectivity index (χ1n) is 6.31. The third-order valence-corrected chi connectivity index (χ3v) is 3.60. The Morgan fingerprint density at radius 2 is 2.24 bits per heavy atom. The van der Waals surface area contributed by atoms with Crippen molar-refractivity contribution in [1.29, 1.82) is 0 Å². The Morgan fingerprint density at radius 1 is 1.47 bits per heavy atom. The molecule has 0 aliphatic carbocycles. The monoisotopic (exact) mass is 234 g/mol. The van der Waals surface area contributed by atoms with E-state index in [-0.39, 0.29) is 11.6 Å². The molecular weight excluding hydrogens is 212 g/mol. The maximum absolute atomic E-state index is 5.98. The van der Waals surface area contributed by atoms with Crippen molar-refractivity contribution >= 4 is 5.69 Å². The molecule has 2 unspecified atom stereocenters. The standard InChI is InChI=1S/C14H22N2O/c1-11-5-3-4-6-13(11)16-14(10-15)7-8-17-12(2)9-14/h3-6,12,16H,7-10,15H2,1-2H3. The zero-order valence-corrected chi connectivity index (χ0v) is 10.7. The Hall–Kier alpha value is -1.06. The Labute approximate surface area is 103 Å². The van der Waals surface area contributed by atoms with E-state index in [9.17, 15) is 0 Å². The molecule has 0 bridgehead atoms. The van der Waals surface area contributed by atoms with E-state index in [1.54, 1.807) is 0 Å². The van der Waals surface area contributed by atoms with Gasteiger partial charge in [0, 0.05) is 18.8 Å². The van der Waals surface area contributed by atoms with Crippen LogP contribution in [0.4, 0.5) is 5.69 Å². The van der Waals surface area contributed by atoms with Gasteiger partial charge in [-0.25, -0.2) is 0 Å². The van der Waals surface area contributed by atoms with Crippen LogP contribution in [0.25, 0.3) is 0 Å². The molecule has 0 amide bonds. The Balaban J connectivity index is 2.17. The number of nitrogens with two attached hydrogens (primary N) is 1. The highest BCUT2D eigenvalue weighted by molar-refractivity contribution is 5.52. The molecule has 94 valence electrons. The lowest BCUT2D eigenvalue weighted by molar-refractivity contribution is 0.000250. The smallest absolute Gasteiger partial charge is 0.0569 e. The average molecular weight is 234 g/mol. The van der Waals surface area contributed by atoms with Crippen molar-refractivity contribution in [2.75, 3.05) is 18.5 Å². The van der Waals surface area contributed by atoms with E-state index in [0.29, 0.717) is 6.54 Å². The minimum Gasteiger partial charge on any atom is -0.378 e. The molecule has 1 aliphatic heterocycles. The summed E-state index contributed by atoms with van der Waals surface area (Å²) in [5.41, 5.74) is 8.42. The van der Waals surface area contributed by atoms with E-state index < -0.39 is 0 Å². The van der Waals surface area contributed by atoms with Gasteiger partial charge in [-0.2, -0.15) is 0 Å². The van der Waals surface area contributed by atoms with Crippen molar-refractivity contribution < 1.29 is 4.74 Å². The fraction of sp³-hybridized carbons (Fsp3) is 0.571. The number of hydrogen-bond donors (Lipinski definition) is 2. The van der Waals surface area contributed by atoms with Gasteiger partial charge in [0.1, 0.15) is 0 Å². The second kappa shape index (κ2) is 5.07. The minimum atomic E-state index is -0.0101. The van der Waals surface area contributed by atoms with Gasteiger partial charge in [-0.05, 0) is 38.3 Å². The summed E-state index contributed by atoms with van der Waals surface area (Å²) in [6, 6.07) is 8.35. The van der Waals surface area contributed by atoms with Crippen LogP contribution in [0.2, 0.25) is 0 Å². The van der Waals surface area contributed by atoms with Crippen LogP contribution in [0.1, 0.15) is 25.3 Å². The van der Waals surface area contributed by atoms with Gasteiger partial charge >= 0.3 is 0 Å². The van der Waals surface area contributed by atoms with Crippen molar-refractivity contribution in [1.82, 2.24) is 0 Å². The fourth-order valence-electron chi connectivity index (χ4n) is 2.52. The molecule has 3 heteroatoms. The topological polar surface area (TPSA) is 47.3 Å². The molecule has 1 aliphatic rings. The number of hydrogen-bond acceptors (Lipinski definition) is 3. The van der Waals surface area contributed by atoms with Crippen LogP contribution < -0.4 is 11.1 Å². The van der Waals surface area contributed by atoms with Gasteiger partial charge in [0.25, 0.3) is 0 Å². The lowest BCUT2D eigenvalue weighted by Gasteiger charge is -2.41. The number of ether oxygens (including phenoxy) is 1. The third kappa shape index (κ3) is 2.79. The molecule has 0 spiro atoms. The lowest BCUT2D eigenvalue weighted by Crippen LogP contribution is -2.51. The van der Waals surface area contributed by atoms with Gasteiger partial charge in [-0.1, -0.05) is 18.2 Å². The predicted molar refractivity (Wildman–Crippen MR) is 71.2 cm³/mol. The molecule has 17 heavy (non-hydrogen) atoms. The first-order valence-corrected chi connectivity index (χ1v) is 6.31. The van der Waals surface area contributed by atoms with E-state index in [1.165, 1.54) is 11.3 Å². The highest BCUT2D eigenvalue weighted by Crippen LogP contribution is 2.29. The first kappa shape index (κ1) is 12.4. The Kier molecular flexibility index (Phi) is 3.69. The van der Waals surface area contributed by atoms with Crippen LogP contribution in [0.15, 0.2) is 24.3 Å². The lowest BCUT2D eigenvalue weighted by atomic mass is 9.86. The van der Waals surface area contributed by atoms with Crippen LogP contribution in [-0.2, 0) is 4.74 Å². The summed E-state index contributed by atoms with van der Waals surface area (Å²) in [6.07, 6.45) is 2.23. The quantitative estimate of drug-likeness (QED) is 0.843. The summed E-state index contributed by atoms with van der Waals surface area (Å²) < 4.78 is 5.61. The van der Waals surface area contributed by atoms with Crippen LogP contribution in [0.5, 0.6) is 0 Å². The molecule has 1 aromatic rings. The van der Waals surface area contributed by atoms with E-state index in [2.05, 4.69) is 43.4 Å². The SMILES string of the molecule is Cc1ccccc1NC1(CN)CCOC(C)C1. The van der Waals surface area contributed by atoms with Crippen LogP contribution in [-0.4, -0.2) is 24.8 Å². The third-order valence-electron chi connectivity index (χ3n) is 3.60. The van der Waals surface area contributed by atoms with Gasteiger partial charge in [0.05, 0.1) is 11.6 Å². The Morgan fingerprint density at radius 3 is 2.88 bits per heavy atom. The molecule has 3 nitrogen and oxygen atoms in total. The van der Waals surface area contributed by atoms with Crippen LogP contribution in [0, 0.1) is 6.92 Å². The molecule has 1 aromatic carbocycles. The summed E-state index contributed by atoms with van der Waals surface area (Å²) in [6.45, 7) is 5.67. The van der Waals surface area contributed by atoms with Gasteiger partial charge < -0.3 is 15.8 Å². The van der Waals surface area contributed by atoms with Gasteiger partial charge in [-0.3, -0.25) is 0 Å². The summed E-state index contributed by atoms with van der Waals surface area (Å²) in [5.74, 6) is 0. The van der Waals surface area contributed by atoms with E-state index in [1.807, 2.05) is 0 Å². The predicted octanol–water partition coefficient (Wildman–Crippen LogP) is 2.30. The normalized spacial score (nSPS) is 29.0. The summed E-state index contributed by atoms with van der Waals surface area (Å²) in [4.78, 5) is 0. The van der Waals surface area contributed by atoms with Crippen molar-refractivity contribution in [3.05, 3.63) is 29.8 Å². The van der Waals surface area contributed by atoms with Crippen molar-refractivity contribution in [3.8, 4) is 0 Å². The Bertz CT molecular complexity index is 380. The zero-order chi connectivity index (χ0) is 12.3. The molecule has 1 heterocycles. The summed E-state index contributed by atoms with van der Waals surface area (Å²) in [7, 11) is 0. The molecular formula is C14H22N2O. The summed E-state index contributed by atoms with van der Waals surface area (Å²) in [5, 5.41) is 3.64. The zero-order valence-electron chi connectivity index (χ0n) is 10.7. The number of aryl methyl sites for hydroxylation is 1. The van der Waals surface area contributed by atoms with Crippen molar-refractivity contribution in [2.24, 2.45) is 5.73 Å². The number of para-hydroxylation sites is 1. The van der Waals surface area contributed by atoms with Gasteiger partial charge in [0.2, 0.25) is 0 Å². The fourth-order valence-corrected chi connectivity index (χ4v) is 2.52. The molecule has 1 saturated heterocycles. The largest absolute Gasteiger partial charge is 0.378 e. The second-order valence-electron chi connectivity index (χ2n) is 5.06. The van der Waals surface area contributed by atoms with Crippen molar-refractivity contribution in [3.63, 3.8) is 0 Å². The summed E-state index contributed by atoms with van der Waals surface area (Å²) >= 11 is 0. The van der Waals surface area contributed by atoms with Gasteiger partial charge in [-0.15, -0.1) is 0 Å². The minimum absolute atomic E-state index is 0.0101. The molecule has 2 atom stereocenters. The number of nitrogens with one attached hydrogen (secondary N) is 1. The van der Waals surface area contributed by atoms with E-state index >= 15 is 0 Å².